The van der Waals surface area contributed by atoms with Crippen molar-refractivity contribution in [1.82, 2.24) is 0 Å². The van der Waals surface area contributed by atoms with Crippen molar-refractivity contribution in [2.75, 3.05) is 7.11 Å². The predicted molar refractivity (Wildman–Crippen MR) is 109 cm³/mol. The van der Waals surface area contributed by atoms with Crippen molar-refractivity contribution in [3.63, 3.8) is 0 Å². The molecular weight excluding hydrogens is 356 g/mol. The Morgan fingerprint density at radius 1 is 1.39 bits per heavy atom. The molecule has 0 radical (unpaired) electrons. The first-order valence-electron chi connectivity index (χ1n) is 10.1. The highest BCUT2D eigenvalue weighted by atomic mass is 16.5. The van der Waals surface area contributed by atoms with Crippen LogP contribution in [0.4, 0.5) is 0 Å². The zero-order valence-electron chi connectivity index (χ0n) is 17.2. The summed E-state index contributed by atoms with van der Waals surface area (Å²) >= 11 is 0. The molecule has 0 amide bonds. The number of esters is 1. The number of ketones is 1. The summed E-state index contributed by atoms with van der Waals surface area (Å²) in [5, 5.41) is 20.8. The van der Waals surface area contributed by atoms with Gasteiger partial charge in [-0.25, -0.2) is 0 Å². The number of hydrogen-bond acceptors (Lipinski definition) is 5. The van der Waals surface area contributed by atoms with Crippen LogP contribution in [-0.4, -0.2) is 40.8 Å². The molecule has 5 heteroatoms. The highest BCUT2D eigenvalue weighted by molar-refractivity contribution is 5.85. The van der Waals surface area contributed by atoms with E-state index in [-0.39, 0.29) is 30.0 Å². The van der Waals surface area contributed by atoms with Crippen LogP contribution in [0, 0.1) is 23.7 Å². The maximum Gasteiger partial charge on any atom is 0.305 e. The van der Waals surface area contributed by atoms with E-state index in [1.165, 1.54) is 7.11 Å². The molecule has 0 heterocycles. The molecule has 1 rings (SSSR count). The van der Waals surface area contributed by atoms with E-state index in [9.17, 15) is 19.8 Å². The Morgan fingerprint density at radius 3 is 2.79 bits per heavy atom. The second-order valence-electron chi connectivity index (χ2n) is 7.45. The fraction of sp³-hybridized carbons (Fsp3) is 0.652. The third-order valence-electron chi connectivity index (χ3n) is 5.26. The zero-order chi connectivity index (χ0) is 21.0. The van der Waals surface area contributed by atoms with Gasteiger partial charge in [-0.15, -0.1) is 18.4 Å². The normalized spacial score (nSPS) is 23.9. The summed E-state index contributed by atoms with van der Waals surface area (Å²) in [6, 6.07) is 0. The van der Waals surface area contributed by atoms with Crippen molar-refractivity contribution in [1.29, 1.82) is 0 Å². The monoisotopic (exact) mass is 390 g/mol. The SMILES string of the molecule is C=CC(O)(C/C=C/[C@H]1[C@H](O)CC(=O)[C@@H]1CC#CCCCC(=O)OC)CCCC. The number of methoxy groups -OCH3 is 1. The van der Waals surface area contributed by atoms with E-state index in [0.717, 1.165) is 12.8 Å². The topological polar surface area (TPSA) is 83.8 Å². The first-order chi connectivity index (χ1) is 13.4. The smallest absolute Gasteiger partial charge is 0.305 e. The average molecular weight is 391 g/mol. The fourth-order valence-electron chi connectivity index (χ4n) is 3.38. The highest BCUT2D eigenvalue weighted by Crippen LogP contribution is 2.33. The molecule has 2 N–H and O–H groups in total. The molecular formula is C23H34O5. The Balaban J connectivity index is 2.60. The molecule has 28 heavy (non-hydrogen) atoms. The van der Waals surface area contributed by atoms with E-state index in [0.29, 0.717) is 38.5 Å². The summed E-state index contributed by atoms with van der Waals surface area (Å²) in [7, 11) is 1.36. The number of Topliss-reactive ketones (excluding diaryl/α,β-unsaturated/α-hetero) is 1. The standard InChI is InChI=1S/C23H34O5/c1-4-6-15-23(27,5-2)16-11-13-19-18(20(24)17-21(19)25)12-9-7-8-10-14-22(26)28-3/h5,11,13,18-19,21,25,27H,2,4,6,8,10,12,14-17H2,1,3H3/b13-11+/t18-,19-,21-,23?/m1/s1. The highest BCUT2D eigenvalue weighted by Gasteiger charge is 2.39. The predicted octanol–water partition coefficient (Wildman–Crippen LogP) is 3.34. The second kappa shape index (κ2) is 12.5. The zero-order valence-corrected chi connectivity index (χ0v) is 17.2. The van der Waals surface area contributed by atoms with E-state index in [1.54, 1.807) is 6.08 Å². The molecule has 0 aromatic heterocycles. The Kier molecular flexibility index (Phi) is 10.8. The Morgan fingerprint density at radius 2 is 2.14 bits per heavy atom. The van der Waals surface area contributed by atoms with Crippen LogP contribution in [-0.2, 0) is 14.3 Å². The summed E-state index contributed by atoms with van der Waals surface area (Å²) < 4.78 is 4.58. The quantitative estimate of drug-likeness (QED) is 0.245. The van der Waals surface area contributed by atoms with Crippen molar-refractivity contribution < 1.29 is 24.5 Å². The number of ether oxygens (including phenoxy) is 1. The van der Waals surface area contributed by atoms with Crippen LogP contribution >= 0.6 is 0 Å². The van der Waals surface area contributed by atoms with Gasteiger partial charge in [0.15, 0.2) is 0 Å². The van der Waals surface area contributed by atoms with Gasteiger partial charge in [0, 0.05) is 37.5 Å². The lowest BCUT2D eigenvalue weighted by atomic mass is 9.88. The van der Waals surface area contributed by atoms with Crippen LogP contribution in [0.5, 0.6) is 0 Å². The Bertz CT molecular complexity index is 612. The maximum absolute atomic E-state index is 12.2. The van der Waals surface area contributed by atoms with Gasteiger partial charge in [-0.3, -0.25) is 9.59 Å². The average Bonchev–Trinajstić information content (AvgIpc) is 2.95. The number of carbonyl (C=O) groups is 2. The molecule has 1 unspecified atom stereocenters. The van der Waals surface area contributed by atoms with E-state index < -0.39 is 11.7 Å². The minimum Gasteiger partial charge on any atom is -0.469 e. The minimum atomic E-state index is -0.949. The molecule has 1 aliphatic carbocycles. The first kappa shape index (κ1) is 24.1. The number of unbranched alkanes of at least 4 members (excludes halogenated alkanes) is 2. The molecule has 0 aliphatic heterocycles. The van der Waals surface area contributed by atoms with Crippen molar-refractivity contribution >= 4 is 11.8 Å². The minimum absolute atomic E-state index is 0.0241. The number of hydrogen-bond donors (Lipinski definition) is 2. The van der Waals surface area contributed by atoms with Crippen molar-refractivity contribution in [3.05, 3.63) is 24.8 Å². The largest absolute Gasteiger partial charge is 0.469 e. The third-order valence-corrected chi connectivity index (χ3v) is 5.26. The fourth-order valence-corrected chi connectivity index (χ4v) is 3.38. The van der Waals surface area contributed by atoms with Gasteiger partial charge in [-0.1, -0.05) is 38.0 Å². The van der Waals surface area contributed by atoms with Gasteiger partial charge in [0.05, 0.1) is 18.8 Å². The Labute approximate surface area is 168 Å². The number of aliphatic hydroxyl groups excluding tert-OH is 1. The van der Waals surface area contributed by atoms with Gasteiger partial charge in [0.1, 0.15) is 5.78 Å². The molecule has 0 spiro atoms. The number of rotatable bonds is 11. The Hall–Kier alpha value is -1.90. The molecule has 4 atom stereocenters. The van der Waals surface area contributed by atoms with E-state index >= 15 is 0 Å². The van der Waals surface area contributed by atoms with E-state index in [1.807, 2.05) is 12.2 Å². The van der Waals surface area contributed by atoms with E-state index in [4.69, 9.17) is 0 Å². The summed E-state index contributed by atoms with van der Waals surface area (Å²) in [6.45, 7) is 5.80. The molecule has 0 aromatic carbocycles. The molecule has 0 bridgehead atoms. The lowest BCUT2D eigenvalue weighted by Crippen LogP contribution is -2.25. The molecule has 0 saturated heterocycles. The van der Waals surface area contributed by atoms with E-state index in [2.05, 4.69) is 30.1 Å². The summed E-state index contributed by atoms with van der Waals surface area (Å²) in [5.74, 6) is 5.17. The summed E-state index contributed by atoms with van der Waals surface area (Å²) in [6.07, 6.45) is 9.60. The number of carbonyl (C=O) groups excluding carboxylic acids is 2. The van der Waals surface area contributed by atoms with Gasteiger partial charge >= 0.3 is 5.97 Å². The molecule has 1 saturated carbocycles. The van der Waals surface area contributed by atoms with Gasteiger partial charge in [0.25, 0.3) is 0 Å². The first-order valence-corrected chi connectivity index (χ1v) is 10.1. The van der Waals surface area contributed by atoms with Crippen LogP contribution in [0.1, 0.15) is 64.7 Å². The van der Waals surface area contributed by atoms with Crippen LogP contribution in [0.3, 0.4) is 0 Å². The lowest BCUT2D eigenvalue weighted by molar-refractivity contribution is -0.140. The lowest BCUT2D eigenvalue weighted by Gasteiger charge is -2.23. The van der Waals surface area contributed by atoms with Crippen molar-refractivity contribution in [2.24, 2.45) is 11.8 Å². The van der Waals surface area contributed by atoms with Gasteiger partial charge < -0.3 is 14.9 Å². The molecule has 1 aliphatic rings. The van der Waals surface area contributed by atoms with Crippen LogP contribution < -0.4 is 0 Å². The maximum atomic E-state index is 12.2. The van der Waals surface area contributed by atoms with Crippen molar-refractivity contribution in [2.45, 2.75) is 76.4 Å². The van der Waals surface area contributed by atoms with Gasteiger partial charge in [0.2, 0.25) is 0 Å². The molecule has 1 fully saturated rings. The van der Waals surface area contributed by atoms with Crippen molar-refractivity contribution in [3.8, 4) is 11.8 Å². The molecule has 156 valence electrons. The van der Waals surface area contributed by atoms with Crippen LogP contribution in [0.25, 0.3) is 0 Å². The third kappa shape index (κ3) is 8.00. The second-order valence-corrected chi connectivity index (χ2v) is 7.45. The summed E-state index contributed by atoms with van der Waals surface area (Å²) in [4.78, 5) is 23.3. The van der Waals surface area contributed by atoms with Crippen LogP contribution in [0.15, 0.2) is 24.8 Å². The van der Waals surface area contributed by atoms with Crippen LogP contribution in [0.2, 0.25) is 0 Å². The molecule has 5 nitrogen and oxygen atoms in total. The van der Waals surface area contributed by atoms with Gasteiger partial charge in [-0.2, -0.15) is 0 Å². The number of aliphatic hydroxyl groups is 2. The van der Waals surface area contributed by atoms with Gasteiger partial charge in [-0.05, 0) is 19.3 Å². The molecule has 0 aromatic rings. The summed E-state index contributed by atoms with van der Waals surface area (Å²) in [5.41, 5.74) is -0.949.